The number of phenols is 1. The van der Waals surface area contributed by atoms with Crippen LogP contribution in [0, 0.1) is 20.8 Å². The summed E-state index contributed by atoms with van der Waals surface area (Å²) in [6.45, 7) is 15.2. The molecule has 0 unspecified atom stereocenters. The van der Waals surface area contributed by atoms with Crippen LogP contribution in [0.2, 0.25) is 0 Å². The number of carbonyl (C=O) groups is 9. The number of sulfone groups is 2. The molecule has 144 heavy (non-hydrogen) atoms. The van der Waals surface area contributed by atoms with Gasteiger partial charge in [-0.2, -0.15) is 0 Å². The van der Waals surface area contributed by atoms with Gasteiger partial charge in [0.05, 0.1) is 72.9 Å². The van der Waals surface area contributed by atoms with Gasteiger partial charge >= 0.3 is 47.5 Å². The van der Waals surface area contributed by atoms with Crippen LogP contribution in [0.3, 0.4) is 0 Å². The van der Waals surface area contributed by atoms with Gasteiger partial charge in [-0.05, 0) is 193 Å². The normalized spacial score (nSPS) is 9.77. The van der Waals surface area contributed by atoms with Crippen LogP contribution in [0.5, 0.6) is 23.0 Å². The molecule has 8 aromatic heterocycles. The minimum Gasteiger partial charge on any atom is -0.662 e. The van der Waals surface area contributed by atoms with E-state index in [1.807, 2.05) is 55.7 Å². The number of nitrogens with zero attached hydrogens (tertiary/aromatic N) is 8. The van der Waals surface area contributed by atoms with Gasteiger partial charge in [0.2, 0.25) is 0 Å². The van der Waals surface area contributed by atoms with Gasteiger partial charge in [-0.3, -0.25) is 59.1 Å². The number of thioether (sulfide) groups is 4. The van der Waals surface area contributed by atoms with Crippen molar-refractivity contribution in [3.63, 3.8) is 0 Å². The SMILES string of the molecule is Br.C.C1CCOC1.CC(=O)Oc1ccccc1C(=O)Cl.CC(=O)Oc1ccccc1C(=O)Nc1nc(S(C)(=O)=O)cs1.CC(N)=S.CCO.CS(=O)(=O)c1csc(NC(=O)c2ccccc2O)n1.CSC(=O)CBr.CSc1csc(C)n1.CSc1csc(N)n1.CSc1csc(NC(=O)c2ccccc2OC(C)=O)n1.Cc1nc(Br)cs1.Cc1ncc(Br)s1.Cl.ClCCl.NC(N)=S.Nc1ncc(Br)s1.O=CO[O-].[Na+]. The van der Waals surface area contributed by atoms with Crippen LogP contribution >= 0.6 is 290 Å². The maximum absolute atomic E-state index is 12.2. The maximum Gasteiger partial charge on any atom is 1.00 e. The second kappa shape index (κ2) is 90.0. The van der Waals surface area contributed by atoms with Crippen molar-refractivity contribution in [3.8, 4) is 23.0 Å². The molecule has 0 atom stereocenters. The Morgan fingerprint density at radius 3 is 1.12 bits per heavy atom. The van der Waals surface area contributed by atoms with Crippen LogP contribution in [0.4, 0.5) is 25.7 Å². The Hall–Kier alpha value is -5.73. The smallest absolute Gasteiger partial charge is 0.662 e. The molecule has 0 radical (unpaired) electrons. The molecular weight excluding hydrogens is 2610 g/mol. The molecule has 0 spiro atoms. The van der Waals surface area contributed by atoms with Crippen molar-refractivity contribution in [1.82, 2.24) is 39.9 Å². The molecule has 1 saturated heterocycles. The molecule has 4 aromatic carbocycles. The number of esters is 3. The number of anilines is 5. The summed E-state index contributed by atoms with van der Waals surface area (Å²) in [6, 6.07) is 25.1. The number of aromatic hydroxyl groups is 1. The first-order valence-electron chi connectivity index (χ1n) is 37.6. The second-order valence-electron chi connectivity index (χ2n) is 23.8. The van der Waals surface area contributed by atoms with Gasteiger partial charge in [0.15, 0.2) is 65.6 Å². The molecule has 15 N–H and O–H groups in total. The number of ether oxygens (including phenoxy) is 4. The summed E-state index contributed by atoms with van der Waals surface area (Å²) < 4.78 is 67.9. The number of aryl methyl sites for hydroxylation is 3. The quantitative estimate of drug-likeness (QED) is 0.00387. The number of benzene rings is 4. The van der Waals surface area contributed by atoms with Gasteiger partial charge in [-0.1, -0.05) is 107 Å². The number of hydrogen-bond acceptors (Lipinski definition) is 45. The summed E-state index contributed by atoms with van der Waals surface area (Å²) in [5.41, 5.74) is 25.4. The fourth-order valence-electron chi connectivity index (χ4n) is 7.52. The number of aromatic nitrogens is 8. The molecule has 1 aliphatic rings. The van der Waals surface area contributed by atoms with Crippen molar-refractivity contribution in [2.45, 2.75) is 101 Å². The predicted octanol–water partition coefficient (Wildman–Crippen LogP) is 17.8. The number of halogens is 9. The van der Waals surface area contributed by atoms with Crippen molar-refractivity contribution in [2.75, 3.05) is 95.4 Å². The largest absolute Gasteiger partial charge is 1.00 e. The molecule has 1 fully saturated rings. The Morgan fingerprint density at radius 1 is 0.556 bits per heavy atom. The summed E-state index contributed by atoms with van der Waals surface area (Å²) in [6.07, 6.45) is 15.8. The molecule has 0 saturated carbocycles. The molecule has 0 bridgehead atoms. The third-order valence-corrected chi connectivity index (χ3v) is 26.9. The van der Waals surface area contributed by atoms with Crippen molar-refractivity contribution in [1.29, 1.82) is 0 Å². The first-order chi connectivity index (χ1) is 65.9. The minimum absolute atomic E-state index is 0. The monoisotopic (exact) mass is 2700 g/mol. The van der Waals surface area contributed by atoms with Crippen molar-refractivity contribution in [2.24, 2.45) is 17.2 Å². The van der Waals surface area contributed by atoms with Crippen LogP contribution in [-0.4, -0.2) is 198 Å². The number of nitrogens with two attached hydrogens (primary N) is 5. The van der Waals surface area contributed by atoms with Gasteiger partial charge in [-0.25, -0.2) is 56.7 Å². The van der Waals surface area contributed by atoms with Crippen molar-refractivity contribution in [3.05, 3.63) is 191 Å². The fourth-order valence-corrected chi connectivity index (χ4v) is 19.2. The number of thiocarbonyl (C=S) groups is 2. The van der Waals surface area contributed by atoms with E-state index in [9.17, 15) is 60.3 Å². The number of aliphatic hydroxyl groups is 1. The first-order valence-corrected chi connectivity index (χ1v) is 59.0. The molecule has 13 rings (SSSR count). The van der Waals surface area contributed by atoms with Gasteiger partial charge in [0.25, 0.3) is 29.4 Å². The Labute approximate surface area is 982 Å². The maximum atomic E-state index is 12.2. The Kier molecular flexibility index (Phi) is 94.5. The molecule has 37 nitrogen and oxygen atoms in total. The third kappa shape index (κ3) is 78.5. The number of nitrogens with one attached hydrogen (secondary N) is 3. The van der Waals surface area contributed by atoms with E-state index in [0.29, 0.717) is 31.3 Å². The van der Waals surface area contributed by atoms with Crippen molar-refractivity contribution < 1.29 is 129 Å². The Morgan fingerprint density at radius 2 is 0.889 bits per heavy atom. The van der Waals surface area contributed by atoms with Gasteiger partial charge in [0.1, 0.15) is 42.7 Å². The third-order valence-electron chi connectivity index (χ3n) is 12.8. The summed E-state index contributed by atoms with van der Waals surface area (Å²) in [5, 5.41) is 52.0. The number of para-hydroxylation sites is 4. The fraction of sp³-hybridized carbons (Fsp3) is 0.272. The average Bonchev–Trinajstić information content (AvgIpc) is 1.81. The summed E-state index contributed by atoms with van der Waals surface area (Å²) >= 11 is 53.2. The molecule has 63 heteroatoms. The van der Waals surface area contributed by atoms with Crippen LogP contribution in [-0.2, 0) is 53.3 Å². The van der Waals surface area contributed by atoms with Crippen LogP contribution in [0.15, 0.2) is 179 Å². The molecule has 0 aliphatic carbocycles. The minimum atomic E-state index is -3.43. The first kappa shape index (κ1) is 151. The standard InChI is InChI=1S/C13H12N2O5S2.C13H12N2O3S2.C11H10N2O4S2.C9H7ClO3.C5H7NS2.2C4H4BrNS.C4H6N2S2.C4H8O.C3H3BrN2S.C3H5BrOS.C2H5NS.C2H6O.CH2Cl2.CH4N2S.CH2O3.CH4.BrH.ClH.Na/c1-8(16)20-10-6-4-3-5-9(10)12(17)15-13-14-11(7-21-13)22(2,18)19;1-8(16)18-10-6-4-3-5-9(10)12(17)15-13-14-11(19-2)7-20-13;1-19(16,17)9-6-18-11(12-9)13-10(15)7-4-2-3-5-8(7)14;1-6(11)13-8-5-3-2-4-7(8)9(10)12;1-4-6-5(7-2)3-8-4;1-3-6-4(5)2-7-3;1-3-6-2-4(5)7-3;1-7-3-2-8-4(5)6-3;1-2-4-5-3-1;4-2-1-6-3(5)7-2;1-6-3(5)2-4;1-2(3)4;1-2-3;2-1-3;2-1(3)4;2-1-4-3;;;;/h3-7H,1-2H3,(H,14,15,17);3-7H,1-2H3,(H,14,15,17);2-6,14H,1H3,(H,12,13,15);2-5H,1H3;3H,1-2H3;2*2H,1H3;2H,1H3,(H2,5,6);1-4H2;1H,(H2,5,6);2H2,1H3;1H3,(H2,3,4);3H,2H2,1H3;1H2;(H4,2,3,4);1,3H;1H4;2*1H;/q;;;;;;;;;;;;;;;;;;;+1/p-1. The van der Waals surface area contributed by atoms with E-state index in [-0.39, 0.29) is 161 Å². The number of phenolic OH excluding ortho intramolecular Hbond substituents is 1. The van der Waals surface area contributed by atoms with E-state index in [4.69, 9.17) is 86.1 Å². The molecule has 792 valence electrons. The van der Waals surface area contributed by atoms with E-state index < -0.39 is 54.6 Å². The van der Waals surface area contributed by atoms with Gasteiger partial charge in [-0.15, -0.1) is 167 Å². The Balaban J connectivity index is -0.000000288. The van der Waals surface area contributed by atoms with E-state index in [0.717, 1.165) is 90.7 Å². The Bertz CT molecular complexity index is 5740. The topological polar surface area (TPSA) is 601 Å². The summed E-state index contributed by atoms with van der Waals surface area (Å²) in [5.74, 6) is -2.56. The second-order valence-corrected chi connectivity index (χ2v) is 45.4. The van der Waals surface area contributed by atoms with Crippen LogP contribution in [0.25, 0.3) is 0 Å². The summed E-state index contributed by atoms with van der Waals surface area (Å²) in [7, 11) is -6.82. The van der Waals surface area contributed by atoms with Gasteiger partial charge in [0, 0.05) is 85.4 Å². The summed E-state index contributed by atoms with van der Waals surface area (Å²) in [4.78, 5) is 133. The number of amides is 3. The number of rotatable bonds is 17. The van der Waals surface area contributed by atoms with E-state index in [2.05, 4.69) is 166 Å². The van der Waals surface area contributed by atoms with Crippen molar-refractivity contribution >= 4 is 398 Å². The van der Waals surface area contributed by atoms with Crippen LogP contribution < -0.4 is 93.6 Å². The zero-order valence-corrected chi connectivity index (χ0v) is 104. The predicted molar refractivity (Wildman–Crippen MR) is 617 cm³/mol. The number of nitrogen functional groups attached to an aromatic ring is 2. The zero-order valence-electron chi connectivity index (χ0n) is 78.0. The molecular formula is C81H102Br5Cl4N16NaO21S16. The molecule has 1 aliphatic heterocycles. The molecule has 3 amide bonds. The van der Waals surface area contributed by atoms with E-state index in [1.54, 1.807) is 151 Å². The number of carbonyl (C=O) groups excluding carboxylic acids is 9. The van der Waals surface area contributed by atoms with E-state index >= 15 is 0 Å². The molecule has 12 aromatic rings. The van der Waals surface area contributed by atoms with Crippen LogP contribution in [0.1, 0.15) is 111 Å². The zero-order chi connectivity index (χ0) is 107. The number of thiazole rings is 8. The number of aliphatic hydroxyl groups excluding tert-OH is 1. The van der Waals surface area contributed by atoms with Gasteiger partial charge < -0.3 is 68.0 Å². The van der Waals surface area contributed by atoms with E-state index in [1.165, 1.54) is 138 Å². The number of hydrogen-bond donors (Lipinski definition) is 10. The average molecular weight is 2710 g/mol. The molecule has 9 heterocycles. The number of alkyl halides is 3.